The molecule has 0 atom stereocenters. The molecule has 23 heavy (non-hydrogen) atoms. The Bertz CT molecular complexity index is 896. The van der Waals surface area contributed by atoms with E-state index in [-0.39, 0.29) is 18.1 Å². The largest absolute Gasteiger partial charge is 0.358 e. The minimum Gasteiger partial charge on any atom is -0.358 e. The molecule has 0 aliphatic carbocycles. The molecule has 3 nitrogen and oxygen atoms in total. The molecule has 0 fully saturated rings. The van der Waals surface area contributed by atoms with Crippen molar-refractivity contribution in [2.24, 2.45) is 0 Å². The van der Waals surface area contributed by atoms with Crippen molar-refractivity contribution in [1.82, 2.24) is 4.98 Å². The van der Waals surface area contributed by atoms with Gasteiger partial charge in [0.2, 0.25) is 5.91 Å². The predicted molar refractivity (Wildman–Crippen MR) is 91.2 cm³/mol. The Morgan fingerprint density at radius 3 is 2.65 bits per heavy atom. The SMILES string of the molecule is Cc1ccc2[nH]c(C)c(CC(=O)Nc3ccc(C)c(F)c3)c2c1. The minimum atomic E-state index is -0.318. The highest BCUT2D eigenvalue weighted by Gasteiger charge is 2.13. The van der Waals surface area contributed by atoms with Crippen molar-refractivity contribution in [2.75, 3.05) is 5.32 Å². The monoisotopic (exact) mass is 310 g/mol. The van der Waals surface area contributed by atoms with Crippen LogP contribution in [0.5, 0.6) is 0 Å². The van der Waals surface area contributed by atoms with Crippen LogP contribution in [0.3, 0.4) is 0 Å². The van der Waals surface area contributed by atoms with Crippen molar-refractivity contribution < 1.29 is 9.18 Å². The molecule has 0 saturated carbocycles. The summed E-state index contributed by atoms with van der Waals surface area (Å²) < 4.78 is 13.6. The second-order valence-electron chi connectivity index (χ2n) is 5.97. The number of fused-ring (bicyclic) bond motifs is 1. The maximum absolute atomic E-state index is 13.6. The first-order valence-electron chi connectivity index (χ1n) is 7.58. The van der Waals surface area contributed by atoms with Crippen LogP contribution in [0.4, 0.5) is 10.1 Å². The van der Waals surface area contributed by atoms with Crippen molar-refractivity contribution in [1.29, 1.82) is 0 Å². The topological polar surface area (TPSA) is 44.9 Å². The number of hydrogen-bond acceptors (Lipinski definition) is 1. The first-order chi connectivity index (χ1) is 10.9. The van der Waals surface area contributed by atoms with Crippen LogP contribution in [0.15, 0.2) is 36.4 Å². The first-order valence-corrected chi connectivity index (χ1v) is 7.58. The van der Waals surface area contributed by atoms with Gasteiger partial charge in [0.15, 0.2) is 0 Å². The standard InChI is InChI=1S/C19H19FN2O/c1-11-4-7-18-16(8-11)15(13(3)21-18)10-19(23)22-14-6-5-12(2)17(20)9-14/h4-9,21H,10H2,1-3H3,(H,22,23). The van der Waals surface area contributed by atoms with Crippen molar-refractivity contribution in [3.63, 3.8) is 0 Å². The first kappa shape index (κ1) is 15.3. The molecule has 2 N–H and O–H groups in total. The van der Waals surface area contributed by atoms with Gasteiger partial charge in [-0.15, -0.1) is 0 Å². The van der Waals surface area contributed by atoms with E-state index < -0.39 is 0 Å². The number of aryl methyl sites for hydroxylation is 3. The molecule has 0 spiro atoms. The van der Waals surface area contributed by atoms with Gasteiger partial charge in [0.1, 0.15) is 5.82 Å². The van der Waals surface area contributed by atoms with E-state index in [1.807, 2.05) is 26.0 Å². The van der Waals surface area contributed by atoms with E-state index in [2.05, 4.69) is 16.4 Å². The number of H-pyrrole nitrogens is 1. The summed E-state index contributed by atoms with van der Waals surface area (Å²) in [5, 5.41) is 3.82. The van der Waals surface area contributed by atoms with E-state index in [1.54, 1.807) is 19.1 Å². The molecule has 0 aliphatic heterocycles. The van der Waals surface area contributed by atoms with Crippen LogP contribution in [0, 0.1) is 26.6 Å². The molecule has 1 aromatic heterocycles. The summed E-state index contributed by atoms with van der Waals surface area (Å²) in [6.45, 7) is 5.68. The highest BCUT2D eigenvalue weighted by molar-refractivity contribution is 5.96. The van der Waals surface area contributed by atoms with Crippen LogP contribution < -0.4 is 5.32 Å². The summed E-state index contributed by atoms with van der Waals surface area (Å²) in [6.07, 6.45) is 0.255. The van der Waals surface area contributed by atoms with Gasteiger partial charge < -0.3 is 10.3 Å². The van der Waals surface area contributed by atoms with E-state index in [1.165, 1.54) is 6.07 Å². The second kappa shape index (κ2) is 5.88. The molecule has 118 valence electrons. The van der Waals surface area contributed by atoms with E-state index >= 15 is 0 Å². The maximum atomic E-state index is 13.6. The Hall–Kier alpha value is -2.62. The lowest BCUT2D eigenvalue weighted by molar-refractivity contribution is -0.115. The fourth-order valence-electron chi connectivity index (χ4n) is 2.76. The lowest BCUT2D eigenvalue weighted by atomic mass is 10.1. The fourth-order valence-corrected chi connectivity index (χ4v) is 2.76. The number of aromatic amines is 1. The Kier molecular flexibility index (Phi) is 3.90. The quantitative estimate of drug-likeness (QED) is 0.739. The van der Waals surface area contributed by atoms with Crippen molar-refractivity contribution in [2.45, 2.75) is 27.2 Å². The van der Waals surface area contributed by atoms with Crippen LogP contribution >= 0.6 is 0 Å². The molecule has 3 rings (SSSR count). The maximum Gasteiger partial charge on any atom is 0.228 e. The Morgan fingerprint density at radius 2 is 1.91 bits per heavy atom. The molecule has 0 bridgehead atoms. The van der Waals surface area contributed by atoms with E-state index in [4.69, 9.17) is 0 Å². The summed E-state index contributed by atoms with van der Waals surface area (Å²) in [7, 11) is 0. The number of carbonyl (C=O) groups excluding carboxylic acids is 1. The van der Waals surface area contributed by atoms with E-state index in [9.17, 15) is 9.18 Å². The van der Waals surface area contributed by atoms with Crippen LogP contribution in [0.25, 0.3) is 10.9 Å². The van der Waals surface area contributed by atoms with Gasteiger partial charge in [-0.3, -0.25) is 4.79 Å². The molecule has 3 aromatic rings. The summed E-state index contributed by atoms with van der Waals surface area (Å²) in [4.78, 5) is 15.6. The number of rotatable bonds is 3. The average molecular weight is 310 g/mol. The summed E-state index contributed by atoms with van der Waals surface area (Å²) in [5.41, 5.74) is 5.18. The van der Waals surface area contributed by atoms with Gasteiger partial charge in [-0.1, -0.05) is 17.7 Å². The normalized spacial score (nSPS) is 11.0. The van der Waals surface area contributed by atoms with Crippen LogP contribution in [-0.4, -0.2) is 10.9 Å². The third-order valence-corrected chi connectivity index (χ3v) is 4.07. The second-order valence-corrected chi connectivity index (χ2v) is 5.97. The van der Waals surface area contributed by atoms with Gasteiger partial charge in [0.25, 0.3) is 0 Å². The van der Waals surface area contributed by atoms with Gasteiger partial charge in [-0.2, -0.15) is 0 Å². The lowest BCUT2D eigenvalue weighted by Gasteiger charge is -2.07. The molecule has 0 aliphatic rings. The van der Waals surface area contributed by atoms with Crippen molar-refractivity contribution >= 4 is 22.5 Å². The van der Waals surface area contributed by atoms with E-state index in [0.717, 1.165) is 27.7 Å². The highest BCUT2D eigenvalue weighted by atomic mass is 19.1. The zero-order valence-electron chi connectivity index (χ0n) is 13.5. The number of anilines is 1. The molecule has 4 heteroatoms. The average Bonchev–Trinajstić information content (AvgIpc) is 2.79. The predicted octanol–water partition coefficient (Wildman–Crippen LogP) is 4.41. The number of hydrogen-bond donors (Lipinski definition) is 2. The molecule has 0 radical (unpaired) electrons. The number of amides is 1. The number of aromatic nitrogens is 1. The third-order valence-electron chi connectivity index (χ3n) is 4.07. The summed E-state index contributed by atoms with van der Waals surface area (Å²) >= 11 is 0. The smallest absolute Gasteiger partial charge is 0.228 e. The number of nitrogens with one attached hydrogen (secondary N) is 2. The zero-order valence-corrected chi connectivity index (χ0v) is 13.5. The number of carbonyl (C=O) groups is 1. The Labute approximate surface area is 134 Å². The molecular formula is C19H19FN2O. The van der Waals surface area contributed by atoms with Gasteiger partial charge in [-0.05, 0) is 56.2 Å². The Morgan fingerprint density at radius 1 is 1.13 bits per heavy atom. The molecule has 1 heterocycles. The summed E-state index contributed by atoms with van der Waals surface area (Å²) in [5.74, 6) is -0.472. The van der Waals surface area contributed by atoms with Gasteiger partial charge in [-0.25, -0.2) is 4.39 Å². The number of halogens is 1. The molecular weight excluding hydrogens is 291 g/mol. The highest BCUT2D eigenvalue weighted by Crippen LogP contribution is 2.24. The fraction of sp³-hybridized carbons (Fsp3) is 0.211. The van der Waals surface area contributed by atoms with Crippen LogP contribution in [0.1, 0.15) is 22.4 Å². The Balaban J connectivity index is 1.84. The van der Waals surface area contributed by atoms with E-state index in [0.29, 0.717) is 11.3 Å². The number of benzene rings is 2. The molecule has 2 aromatic carbocycles. The minimum absolute atomic E-state index is 0.154. The van der Waals surface area contributed by atoms with Gasteiger partial charge in [0, 0.05) is 22.3 Å². The molecule has 1 amide bonds. The van der Waals surface area contributed by atoms with Crippen LogP contribution in [-0.2, 0) is 11.2 Å². The van der Waals surface area contributed by atoms with Crippen molar-refractivity contribution in [3.05, 3.63) is 64.6 Å². The van der Waals surface area contributed by atoms with Crippen LogP contribution in [0.2, 0.25) is 0 Å². The molecule has 0 saturated heterocycles. The lowest BCUT2D eigenvalue weighted by Crippen LogP contribution is -2.15. The summed E-state index contributed by atoms with van der Waals surface area (Å²) in [6, 6.07) is 10.9. The third kappa shape index (κ3) is 3.11. The zero-order chi connectivity index (χ0) is 16.6. The molecule has 0 unspecified atom stereocenters. The van der Waals surface area contributed by atoms with Crippen molar-refractivity contribution in [3.8, 4) is 0 Å². The van der Waals surface area contributed by atoms with Gasteiger partial charge in [0.05, 0.1) is 6.42 Å². The van der Waals surface area contributed by atoms with Gasteiger partial charge >= 0.3 is 0 Å².